The Hall–Kier alpha value is -2.17. The number of nitrogens with zero attached hydrogens (tertiary/aromatic N) is 1. The lowest BCUT2D eigenvalue weighted by Crippen LogP contribution is -2.35. The fourth-order valence-corrected chi connectivity index (χ4v) is 2.98. The van der Waals surface area contributed by atoms with Crippen LogP contribution in [0, 0.1) is 0 Å². The topological polar surface area (TPSA) is 41.6 Å². The largest absolute Gasteiger partial charge is 0.379 e. The van der Waals surface area contributed by atoms with Gasteiger partial charge in [0.2, 0.25) is 5.91 Å². The number of amides is 1. The van der Waals surface area contributed by atoms with E-state index >= 15 is 0 Å². The highest BCUT2D eigenvalue weighted by atomic mass is 16.5. The van der Waals surface area contributed by atoms with Crippen molar-refractivity contribution in [2.45, 2.75) is 25.8 Å². The van der Waals surface area contributed by atoms with Crippen LogP contribution >= 0.6 is 0 Å². The predicted molar refractivity (Wildman–Crippen MR) is 101 cm³/mol. The van der Waals surface area contributed by atoms with Gasteiger partial charge in [-0.25, -0.2) is 0 Å². The predicted octanol–water partition coefficient (Wildman–Crippen LogP) is 3.44. The molecule has 132 valence electrons. The number of carbonyl (C=O) groups is 1. The van der Waals surface area contributed by atoms with Crippen LogP contribution in [0.2, 0.25) is 0 Å². The van der Waals surface area contributed by atoms with E-state index in [0.29, 0.717) is 0 Å². The molecule has 1 heterocycles. The first-order chi connectivity index (χ1) is 12.1. The van der Waals surface area contributed by atoms with Gasteiger partial charge < -0.3 is 10.1 Å². The van der Waals surface area contributed by atoms with Gasteiger partial charge in [0.25, 0.3) is 0 Å². The van der Waals surface area contributed by atoms with Crippen molar-refractivity contribution < 1.29 is 9.53 Å². The van der Waals surface area contributed by atoms with E-state index in [1.807, 2.05) is 56.3 Å². The molecule has 2 aromatic carbocycles. The summed E-state index contributed by atoms with van der Waals surface area (Å²) < 4.78 is 5.38. The van der Waals surface area contributed by atoms with Gasteiger partial charge in [0, 0.05) is 25.3 Å². The van der Waals surface area contributed by atoms with Gasteiger partial charge in [-0.1, -0.05) is 42.5 Å². The molecule has 0 unspecified atom stereocenters. The second-order valence-electron chi connectivity index (χ2n) is 7.03. The van der Waals surface area contributed by atoms with E-state index in [9.17, 15) is 4.79 Å². The molecule has 0 aliphatic carbocycles. The first-order valence-electron chi connectivity index (χ1n) is 8.82. The van der Waals surface area contributed by atoms with Gasteiger partial charge in [-0.15, -0.1) is 0 Å². The normalized spacial score (nSPS) is 15.8. The third-order valence-electron chi connectivity index (χ3n) is 4.78. The maximum atomic E-state index is 12.7. The van der Waals surface area contributed by atoms with Crippen LogP contribution < -0.4 is 5.32 Å². The van der Waals surface area contributed by atoms with E-state index in [1.54, 1.807) is 0 Å². The molecule has 1 saturated heterocycles. The fraction of sp³-hybridized carbons (Fsp3) is 0.381. The van der Waals surface area contributed by atoms with Crippen molar-refractivity contribution in [2.75, 3.05) is 31.6 Å². The SMILES string of the molecule is CC(C)(C(=O)Nc1ccc(CN2CCOCC2)cc1)c1ccccc1. The molecule has 1 aliphatic heterocycles. The number of ether oxygens (including phenoxy) is 1. The van der Waals surface area contributed by atoms with E-state index in [2.05, 4.69) is 22.3 Å². The second-order valence-corrected chi connectivity index (χ2v) is 7.03. The Morgan fingerprint density at radius 1 is 1.04 bits per heavy atom. The quantitative estimate of drug-likeness (QED) is 0.908. The van der Waals surface area contributed by atoms with E-state index < -0.39 is 5.41 Å². The molecule has 0 saturated carbocycles. The highest BCUT2D eigenvalue weighted by Crippen LogP contribution is 2.25. The summed E-state index contributed by atoms with van der Waals surface area (Å²) in [7, 11) is 0. The summed E-state index contributed by atoms with van der Waals surface area (Å²) in [5, 5.41) is 3.04. The van der Waals surface area contributed by atoms with Crippen molar-refractivity contribution in [2.24, 2.45) is 0 Å². The standard InChI is InChI=1S/C21H26N2O2/c1-21(2,18-6-4-3-5-7-18)20(24)22-19-10-8-17(9-11-19)16-23-12-14-25-15-13-23/h3-11H,12-16H2,1-2H3,(H,22,24). The van der Waals surface area contributed by atoms with Gasteiger partial charge in [-0.05, 0) is 37.1 Å². The minimum atomic E-state index is -0.576. The van der Waals surface area contributed by atoms with Gasteiger partial charge >= 0.3 is 0 Å². The van der Waals surface area contributed by atoms with Crippen molar-refractivity contribution in [3.8, 4) is 0 Å². The molecule has 2 aromatic rings. The number of hydrogen-bond acceptors (Lipinski definition) is 3. The monoisotopic (exact) mass is 338 g/mol. The van der Waals surface area contributed by atoms with Crippen molar-refractivity contribution >= 4 is 11.6 Å². The van der Waals surface area contributed by atoms with Crippen molar-refractivity contribution in [1.29, 1.82) is 0 Å². The summed E-state index contributed by atoms with van der Waals surface area (Å²) >= 11 is 0. The molecule has 1 fully saturated rings. The van der Waals surface area contributed by atoms with Gasteiger partial charge in [0.15, 0.2) is 0 Å². The maximum Gasteiger partial charge on any atom is 0.234 e. The molecule has 3 rings (SSSR count). The van der Waals surface area contributed by atoms with Gasteiger partial charge in [0.1, 0.15) is 0 Å². The Kier molecular flexibility index (Phi) is 5.51. The van der Waals surface area contributed by atoms with Crippen LogP contribution in [0.15, 0.2) is 54.6 Å². The number of nitrogens with one attached hydrogen (secondary N) is 1. The van der Waals surface area contributed by atoms with E-state index in [4.69, 9.17) is 4.74 Å². The van der Waals surface area contributed by atoms with Crippen molar-refractivity contribution in [1.82, 2.24) is 4.90 Å². The lowest BCUT2D eigenvalue weighted by atomic mass is 9.83. The lowest BCUT2D eigenvalue weighted by Gasteiger charge is -2.26. The number of rotatable bonds is 5. The molecule has 4 heteroatoms. The van der Waals surface area contributed by atoms with Crippen LogP contribution in [0.5, 0.6) is 0 Å². The average Bonchev–Trinajstić information content (AvgIpc) is 2.65. The third kappa shape index (κ3) is 4.47. The summed E-state index contributed by atoms with van der Waals surface area (Å²) in [4.78, 5) is 15.1. The average molecular weight is 338 g/mol. The van der Waals surface area contributed by atoms with Gasteiger partial charge in [-0.3, -0.25) is 9.69 Å². The zero-order valence-corrected chi connectivity index (χ0v) is 15.0. The lowest BCUT2D eigenvalue weighted by molar-refractivity contribution is -0.120. The first kappa shape index (κ1) is 17.6. The van der Waals surface area contributed by atoms with Crippen LogP contribution in [0.1, 0.15) is 25.0 Å². The maximum absolute atomic E-state index is 12.7. The van der Waals surface area contributed by atoms with E-state index in [-0.39, 0.29) is 5.91 Å². The molecular formula is C21H26N2O2. The molecular weight excluding hydrogens is 312 g/mol. The Morgan fingerprint density at radius 3 is 2.32 bits per heavy atom. The molecule has 1 N–H and O–H groups in total. The van der Waals surface area contributed by atoms with Crippen LogP contribution in [-0.4, -0.2) is 37.1 Å². The summed E-state index contributed by atoms with van der Waals surface area (Å²) in [6.07, 6.45) is 0. The summed E-state index contributed by atoms with van der Waals surface area (Å²) in [6.45, 7) is 8.39. The van der Waals surface area contributed by atoms with Crippen LogP contribution in [0.3, 0.4) is 0 Å². The van der Waals surface area contributed by atoms with E-state index in [0.717, 1.165) is 44.1 Å². The zero-order chi connectivity index (χ0) is 17.7. The number of anilines is 1. The van der Waals surface area contributed by atoms with Crippen LogP contribution in [0.25, 0.3) is 0 Å². The molecule has 1 amide bonds. The molecule has 0 atom stereocenters. The minimum absolute atomic E-state index is 0.000343. The summed E-state index contributed by atoms with van der Waals surface area (Å²) in [6, 6.07) is 18.0. The number of benzene rings is 2. The third-order valence-corrected chi connectivity index (χ3v) is 4.78. The van der Waals surface area contributed by atoms with Gasteiger partial charge in [0.05, 0.1) is 18.6 Å². The smallest absolute Gasteiger partial charge is 0.234 e. The Labute approximate surface area is 149 Å². The molecule has 1 aliphatic rings. The van der Waals surface area contributed by atoms with E-state index in [1.165, 1.54) is 5.56 Å². The number of carbonyl (C=O) groups excluding carboxylic acids is 1. The highest BCUT2D eigenvalue weighted by molar-refractivity contribution is 5.98. The second kappa shape index (κ2) is 7.81. The van der Waals surface area contributed by atoms with Crippen LogP contribution in [-0.2, 0) is 21.5 Å². The molecule has 0 bridgehead atoms. The highest BCUT2D eigenvalue weighted by Gasteiger charge is 2.29. The fourth-order valence-electron chi connectivity index (χ4n) is 2.98. The van der Waals surface area contributed by atoms with Crippen LogP contribution in [0.4, 0.5) is 5.69 Å². The Morgan fingerprint density at radius 2 is 1.68 bits per heavy atom. The number of morpholine rings is 1. The van der Waals surface area contributed by atoms with Gasteiger partial charge in [-0.2, -0.15) is 0 Å². The summed E-state index contributed by atoms with van der Waals surface area (Å²) in [5.41, 5.74) is 2.52. The van der Waals surface area contributed by atoms with Crippen molar-refractivity contribution in [3.05, 3.63) is 65.7 Å². The minimum Gasteiger partial charge on any atom is -0.379 e. The molecule has 0 spiro atoms. The molecule has 25 heavy (non-hydrogen) atoms. The van der Waals surface area contributed by atoms with Crippen molar-refractivity contribution in [3.63, 3.8) is 0 Å². The summed E-state index contributed by atoms with van der Waals surface area (Å²) in [5.74, 6) is -0.000343. The first-order valence-corrected chi connectivity index (χ1v) is 8.82. The molecule has 4 nitrogen and oxygen atoms in total. The number of hydrogen-bond donors (Lipinski definition) is 1. The Balaban J connectivity index is 1.61. The Bertz CT molecular complexity index is 690. The molecule has 0 aromatic heterocycles. The molecule has 0 radical (unpaired) electrons. The zero-order valence-electron chi connectivity index (χ0n) is 15.0.